The number of hydrogen-bond donors (Lipinski definition) is 0. The highest BCUT2D eigenvalue weighted by molar-refractivity contribution is 5.78. The standard InChI is InChI=1S/C23H32O5/c1-14(25)28-17-10-19-21(2)7-5-8-22(3,20(26)27-4)18(21)6-9-23(19)11-15(13-24)16(17)12-23/h11,13,16-19H,5-10,12H2,1-4H3. The lowest BCUT2D eigenvalue weighted by molar-refractivity contribution is -0.189. The van der Waals surface area contributed by atoms with Crippen molar-refractivity contribution in [3.63, 3.8) is 0 Å². The molecule has 5 heteroatoms. The fourth-order valence-corrected chi connectivity index (χ4v) is 7.85. The third kappa shape index (κ3) is 2.54. The van der Waals surface area contributed by atoms with Crippen LogP contribution in [0.5, 0.6) is 0 Å². The van der Waals surface area contributed by atoms with Crippen molar-refractivity contribution in [3.8, 4) is 0 Å². The Bertz CT molecular complexity index is 741. The van der Waals surface area contributed by atoms with Crippen molar-refractivity contribution in [3.05, 3.63) is 11.6 Å². The van der Waals surface area contributed by atoms with E-state index in [2.05, 4.69) is 19.9 Å². The monoisotopic (exact) mass is 388 g/mol. The maximum absolute atomic E-state index is 12.8. The molecular weight excluding hydrogens is 356 g/mol. The van der Waals surface area contributed by atoms with Gasteiger partial charge in [0.15, 0.2) is 0 Å². The molecule has 0 heterocycles. The van der Waals surface area contributed by atoms with Crippen molar-refractivity contribution in [2.45, 2.75) is 71.8 Å². The largest absolute Gasteiger partial charge is 0.469 e. The van der Waals surface area contributed by atoms with Crippen LogP contribution in [0.4, 0.5) is 0 Å². The maximum atomic E-state index is 12.8. The molecule has 28 heavy (non-hydrogen) atoms. The number of esters is 2. The quantitative estimate of drug-likeness (QED) is 0.543. The van der Waals surface area contributed by atoms with E-state index in [1.165, 1.54) is 14.0 Å². The second-order valence-electron chi connectivity index (χ2n) is 10.1. The van der Waals surface area contributed by atoms with Gasteiger partial charge in [-0.05, 0) is 73.7 Å². The summed E-state index contributed by atoms with van der Waals surface area (Å²) < 4.78 is 10.9. The second kappa shape index (κ2) is 6.43. The molecule has 3 saturated carbocycles. The Balaban J connectivity index is 1.76. The van der Waals surface area contributed by atoms with E-state index >= 15 is 0 Å². The van der Waals surface area contributed by atoms with E-state index in [4.69, 9.17) is 9.47 Å². The zero-order valence-corrected chi connectivity index (χ0v) is 17.5. The van der Waals surface area contributed by atoms with Gasteiger partial charge in [0.25, 0.3) is 0 Å². The second-order valence-corrected chi connectivity index (χ2v) is 10.1. The summed E-state index contributed by atoms with van der Waals surface area (Å²) >= 11 is 0. The van der Waals surface area contributed by atoms with Crippen LogP contribution in [-0.4, -0.2) is 31.4 Å². The van der Waals surface area contributed by atoms with Crippen molar-refractivity contribution in [1.82, 2.24) is 0 Å². The van der Waals surface area contributed by atoms with Crippen molar-refractivity contribution in [1.29, 1.82) is 0 Å². The molecule has 0 aliphatic heterocycles. The first-order valence-corrected chi connectivity index (χ1v) is 10.6. The summed E-state index contributed by atoms with van der Waals surface area (Å²) in [4.78, 5) is 36.3. The number of hydrogen-bond acceptors (Lipinski definition) is 5. The molecule has 7 unspecified atom stereocenters. The van der Waals surface area contributed by atoms with Gasteiger partial charge in [0.2, 0.25) is 0 Å². The Labute approximate surface area is 167 Å². The molecule has 4 aliphatic rings. The summed E-state index contributed by atoms with van der Waals surface area (Å²) in [6.45, 7) is 5.86. The van der Waals surface area contributed by atoms with E-state index in [0.29, 0.717) is 5.92 Å². The predicted molar refractivity (Wildman–Crippen MR) is 103 cm³/mol. The molecule has 0 N–H and O–H groups in total. The number of carbonyl (C=O) groups is 3. The number of fused-ring (bicyclic) bond motifs is 3. The summed E-state index contributed by atoms with van der Waals surface area (Å²) in [5.41, 5.74) is 0.309. The minimum Gasteiger partial charge on any atom is -0.469 e. The number of methoxy groups -OCH3 is 1. The third-order valence-corrected chi connectivity index (χ3v) is 8.87. The Kier molecular flexibility index (Phi) is 4.51. The smallest absolute Gasteiger partial charge is 0.311 e. The van der Waals surface area contributed by atoms with Gasteiger partial charge in [-0.3, -0.25) is 14.4 Å². The van der Waals surface area contributed by atoms with Crippen LogP contribution >= 0.6 is 0 Å². The molecule has 0 radical (unpaired) electrons. The Morgan fingerprint density at radius 1 is 1.18 bits per heavy atom. The van der Waals surface area contributed by atoms with Crippen LogP contribution in [0.3, 0.4) is 0 Å². The van der Waals surface area contributed by atoms with Crippen molar-refractivity contribution in [2.24, 2.45) is 34.0 Å². The summed E-state index contributed by atoms with van der Waals surface area (Å²) in [7, 11) is 1.49. The van der Waals surface area contributed by atoms with Gasteiger partial charge in [-0.1, -0.05) is 19.4 Å². The molecule has 2 bridgehead atoms. The number of aldehydes is 1. The van der Waals surface area contributed by atoms with Crippen LogP contribution in [0.1, 0.15) is 65.7 Å². The van der Waals surface area contributed by atoms with E-state index in [-0.39, 0.29) is 40.7 Å². The van der Waals surface area contributed by atoms with E-state index in [1.54, 1.807) is 0 Å². The van der Waals surface area contributed by atoms with Gasteiger partial charge in [0.05, 0.1) is 12.5 Å². The molecule has 0 aromatic rings. The van der Waals surface area contributed by atoms with Gasteiger partial charge in [-0.25, -0.2) is 0 Å². The van der Waals surface area contributed by atoms with Crippen LogP contribution < -0.4 is 0 Å². The summed E-state index contributed by atoms with van der Waals surface area (Å²) in [6.07, 6.45) is 9.51. The molecule has 0 aromatic carbocycles. The van der Waals surface area contributed by atoms with Gasteiger partial charge in [0, 0.05) is 12.8 Å². The van der Waals surface area contributed by atoms with Crippen LogP contribution in [-0.2, 0) is 23.9 Å². The van der Waals surface area contributed by atoms with Gasteiger partial charge in [0.1, 0.15) is 12.4 Å². The van der Waals surface area contributed by atoms with E-state index in [9.17, 15) is 14.4 Å². The fraction of sp³-hybridized carbons (Fsp3) is 0.783. The molecular formula is C23H32O5. The molecule has 1 spiro atoms. The first-order valence-electron chi connectivity index (χ1n) is 10.6. The topological polar surface area (TPSA) is 69.7 Å². The fourth-order valence-electron chi connectivity index (χ4n) is 7.85. The number of rotatable bonds is 3. The zero-order chi connectivity index (χ0) is 20.3. The van der Waals surface area contributed by atoms with E-state index < -0.39 is 5.41 Å². The average Bonchev–Trinajstić information content (AvgIpc) is 2.96. The van der Waals surface area contributed by atoms with Gasteiger partial charge in [-0.2, -0.15) is 0 Å². The lowest BCUT2D eigenvalue weighted by Crippen LogP contribution is -2.59. The minimum absolute atomic E-state index is 0.00280. The van der Waals surface area contributed by atoms with Crippen molar-refractivity contribution >= 4 is 18.2 Å². The normalized spacial score (nSPS) is 46.6. The summed E-state index contributed by atoms with van der Waals surface area (Å²) in [6, 6.07) is 0. The predicted octanol–water partition coefficient (Wildman–Crippen LogP) is 3.85. The van der Waals surface area contributed by atoms with Crippen LogP contribution in [0.2, 0.25) is 0 Å². The summed E-state index contributed by atoms with van der Waals surface area (Å²) in [5.74, 6) is 0.199. The molecule has 4 aliphatic carbocycles. The molecule has 154 valence electrons. The maximum Gasteiger partial charge on any atom is 0.311 e. The Morgan fingerprint density at radius 3 is 2.57 bits per heavy atom. The molecule has 0 aromatic heterocycles. The van der Waals surface area contributed by atoms with Crippen LogP contribution in [0.15, 0.2) is 11.6 Å². The van der Waals surface area contributed by atoms with Gasteiger partial charge in [-0.15, -0.1) is 0 Å². The minimum atomic E-state index is -0.465. The van der Waals surface area contributed by atoms with Crippen LogP contribution in [0.25, 0.3) is 0 Å². The van der Waals surface area contributed by atoms with E-state index in [0.717, 1.165) is 56.8 Å². The summed E-state index contributed by atoms with van der Waals surface area (Å²) in [5, 5.41) is 0. The molecule has 5 nitrogen and oxygen atoms in total. The van der Waals surface area contributed by atoms with Crippen molar-refractivity contribution in [2.75, 3.05) is 7.11 Å². The van der Waals surface area contributed by atoms with Gasteiger partial charge >= 0.3 is 11.9 Å². The SMILES string of the molecule is COC(=O)C1(C)CCCC2(C)C3CC(OC(C)=O)C4CC3(C=C4C=O)CCC12. The molecule has 7 atom stereocenters. The lowest BCUT2D eigenvalue weighted by atomic mass is 9.40. The molecule has 0 saturated heterocycles. The van der Waals surface area contributed by atoms with Crippen LogP contribution in [0, 0.1) is 34.0 Å². The number of ether oxygens (including phenoxy) is 2. The number of allylic oxidation sites excluding steroid dienone is 1. The number of carbonyl (C=O) groups excluding carboxylic acids is 3. The Morgan fingerprint density at radius 2 is 1.93 bits per heavy atom. The third-order valence-electron chi connectivity index (χ3n) is 8.87. The van der Waals surface area contributed by atoms with Gasteiger partial charge < -0.3 is 9.47 Å². The molecule has 3 fully saturated rings. The lowest BCUT2D eigenvalue weighted by Gasteiger charge is -2.63. The highest BCUT2D eigenvalue weighted by atomic mass is 16.5. The van der Waals surface area contributed by atoms with Crippen molar-refractivity contribution < 1.29 is 23.9 Å². The molecule has 4 rings (SSSR count). The average molecular weight is 389 g/mol. The highest BCUT2D eigenvalue weighted by Gasteiger charge is 2.66. The zero-order valence-electron chi connectivity index (χ0n) is 17.5. The highest BCUT2D eigenvalue weighted by Crippen LogP contribution is 2.71. The molecule has 0 amide bonds. The first-order chi connectivity index (χ1) is 13.2. The Hall–Kier alpha value is -1.65. The first kappa shape index (κ1) is 19.7. The van der Waals surface area contributed by atoms with E-state index in [1.807, 2.05) is 0 Å².